The van der Waals surface area contributed by atoms with Crippen LogP contribution >= 0.6 is 0 Å². The number of aryl methyl sites for hydroxylation is 1. The second-order valence-corrected chi connectivity index (χ2v) is 8.31. The van der Waals surface area contributed by atoms with E-state index in [9.17, 15) is 9.59 Å². The molecule has 0 aliphatic rings. The molecule has 0 unspecified atom stereocenters. The highest BCUT2D eigenvalue weighted by molar-refractivity contribution is 6.06. The molecule has 0 aliphatic carbocycles. The molecule has 0 spiro atoms. The number of anilines is 2. The number of aromatic nitrogens is 2. The first-order valence-corrected chi connectivity index (χ1v) is 12.1. The zero-order chi connectivity index (χ0) is 26.4. The molecule has 0 radical (unpaired) electrons. The molecule has 0 saturated carbocycles. The Labute approximate surface area is 216 Å². The number of ether oxygens (including phenoxy) is 2. The van der Waals surface area contributed by atoms with E-state index in [4.69, 9.17) is 9.47 Å². The first-order chi connectivity index (χ1) is 17.9. The van der Waals surface area contributed by atoms with Crippen molar-refractivity contribution in [1.82, 2.24) is 9.78 Å². The maximum Gasteiger partial charge on any atom is 0.255 e. The molecule has 4 aromatic rings. The molecule has 0 fully saturated rings. The van der Waals surface area contributed by atoms with Gasteiger partial charge in [0.2, 0.25) is 0 Å². The van der Waals surface area contributed by atoms with E-state index in [1.807, 2.05) is 58.0 Å². The van der Waals surface area contributed by atoms with Crippen molar-refractivity contribution < 1.29 is 19.1 Å². The molecule has 0 saturated heterocycles. The van der Waals surface area contributed by atoms with Crippen molar-refractivity contribution in [2.75, 3.05) is 23.8 Å². The minimum absolute atomic E-state index is 0.260. The van der Waals surface area contributed by atoms with Gasteiger partial charge < -0.3 is 20.1 Å². The predicted molar refractivity (Wildman–Crippen MR) is 144 cm³/mol. The molecule has 3 aromatic carbocycles. The Balaban J connectivity index is 1.44. The van der Waals surface area contributed by atoms with Crippen LogP contribution in [0.5, 0.6) is 11.5 Å². The molecule has 1 heterocycles. The lowest BCUT2D eigenvalue weighted by Crippen LogP contribution is -2.14. The van der Waals surface area contributed by atoms with E-state index in [0.29, 0.717) is 47.2 Å². The number of carbonyl (C=O) groups is 2. The summed E-state index contributed by atoms with van der Waals surface area (Å²) in [7, 11) is 0. The van der Waals surface area contributed by atoms with Crippen LogP contribution in [0, 0.1) is 13.8 Å². The number of para-hydroxylation sites is 1. The summed E-state index contributed by atoms with van der Waals surface area (Å²) >= 11 is 0. The van der Waals surface area contributed by atoms with Gasteiger partial charge >= 0.3 is 0 Å². The third kappa shape index (κ3) is 5.81. The lowest BCUT2D eigenvalue weighted by molar-refractivity contribution is 0.101. The summed E-state index contributed by atoms with van der Waals surface area (Å²) in [5, 5.41) is 10.4. The number of benzene rings is 3. The first kappa shape index (κ1) is 25.5. The Morgan fingerprint density at radius 3 is 2.08 bits per heavy atom. The molecule has 0 atom stereocenters. The van der Waals surface area contributed by atoms with Crippen LogP contribution in [0.2, 0.25) is 0 Å². The number of amides is 2. The Kier molecular flexibility index (Phi) is 7.88. The highest BCUT2D eigenvalue weighted by atomic mass is 16.5. The highest BCUT2D eigenvalue weighted by Gasteiger charge is 2.17. The molecule has 1 aromatic heterocycles. The number of hydrogen-bond donors (Lipinski definition) is 2. The quantitative estimate of drug-likeness (QED) is 0.305. The van der Waals surface area contributed by atoms with Crippen LogP contribution in [-0.2, 0) is 0 Å². The zero-order valence-electron chi connectivity index (χ0n) is 21.4. The van der Waals surface area contributed by atoms with Crippen LogP contribution in [-0.4, -0.2) is 34.8 Å². The summed E-state index contributed by atoms with van der Waals surface area (Å²) in [5.74, 6) is 0.562. The number of nitrogens with one attached hydrogen (secondary N) is 2. The summed E-state index contributed by atoms with van der Waals surface area (Å²) < 4.78 is 13.0. The fraction of sp³-hybridized carbons (Fsp3) is 0.207. The minimum Gasteiger partial charge on any atom is -0.490 e. The van der Waals surface area contributed by atoms with Crippen LogP contribution < -0.4 is 20.1 Å². The normalized spacial score (nSPS) is 10.6. The SMILES string of the molecule is CCOc1ccc(C(=O)Nc2ccc(C(=O)Nc3c(C)nn(-c4ccccc4)c3C)cc2)cc1OCC. The van der Waals surface area contributed by atoms with Crippen molar-refractivity contribution in [2.45, 2.75) is 27.7 Å². The van der Waals surface area contributed by atoms with Gasteiger partial charge in [-0.25, -0.2) is 4.68 Å². The van der Waals surface area contributed by atoms with Crippen molar-refractivity contribution in [2.24, 2.45) is 0 Å². The van der Waals surface area contributed by atoms with Crippen molar-refractivity contribution in [3.8, 4) is 17.2 Å². The third-order valence-electron chi connectivity index (χ3n) is 5.74. The number of carbonyl (C=O) groups excluding carboxylic acids is 2. The van der Waals surface area contributed by atoms with Crippen LogP contribution in [0.15, 0.2) is 72.8 Å². The predicted octanol–water partition coefficient (Wildman–Crippen LogP) is 5.79. The van der Waals surface area contributed by atoms with E-state index in [0.717, 1.165) is 17.1 Å². The van der Waals surface area contributed by atoms with Crippen LogP contribution in [0.4, 0.5) is 11.4 Å². The monoisotopic (exact) mass is 498 g/mol. The van der Waals surface area contributed by atoms with Gasteiger partial charge in [0.25, 0.3) is 11.8 Å². The molecule has 4 rings (SSSR count). The molecule has 190 valence electrons. The maximum absolute atomic E-state index is 12.9. The van der Waals surface area contributed by atoms with Crippen LogP contribution in [0.25, 0.3) is 5.69 Å². The van der Waals surface area contributed by atoms with Gasteiger partial charge in [-0.05, 0) is 82.3 Å². The molecule has 0 aliphatic heterocycles. The largest absolute Gasteiger partial charge is 0.490 e. The summed E-state index contributed by atoms with van der Waals surface area (Å²) in [6, 6.07) is 21.5. The fourth-order valence-electron chi connectivity index (χ4n) is 3.93. The summed E-state index contributed by atoms with van der Waals surface area (Å²) in [4.78, 5) is 25.7. The average Bonchev–Trinajstić information content (AvgIpc) is 3.19. The molecule has 37 heavy (non-hydrogen) atoms. The Morgan fingerprint density at radius 2 is 1.41 bits per heavy atom. The van der Waals surface area contributed by atoms with E-state index in [-0.39, 0.29) is 11.8 Å². The molecular weight excluding hydrogens is 468 g/mol. The summed E-state index contributed by atoms with van der Waals surface area (Å²) in [6.07, 6.45) is 0. The molecular formula is C29H30N4O4. The fourth-order valence-corrected chi connectivity index (χ4v) is 3.93. The smallest absolute Gasteiger partial charge is 0.255 e. The minimum atomic E-state index is -0.291. The lowest BCUT2D eigenvalue weighted by atomic mass is 10.1. The van der Waals surface area contributed by atoms with Crippen molar-refractivity contribution in [3.63, 3.8) is 0 Å². The van der Waals surface area contributed by atoms with Gasteiger partial charge in [-0.1, -0.05) is 18.2 Å². The average molecular weight is 499 g/mol. The number of hydrogen-bond acceptors (Lipinski definition) is 5. The topological polar surface area (TPSA) is 94.5 Å². The molecule has 2 N–H and O–H groups in total. The molecule has 2 amide bonds. The maximum atomic E-state index is 12.9. The highest BCUT2D eigenvalue weighted by Crippen LogP contribution is 2.29. The van der Waals surface area contributed by atoms with E-state index in [2.05, 4.69) is 15.7 Å². The zero-order valence-corrected chi connectivity index (χ0v) is 21.4. The van der Waals surface area contributed by atoms with Crippen LogP contribution in [0.1, 0.15) is 46.0 Å². The van der Waals surface area contributed by atoms with Gasteiger partial charge in [-0.3, -0.25) is 9.59 Å². The Hall–Kier alpha value is -4.59. The second-order valence-electron chi connectivity index (χ2n) is 8.31. The Bertz CT molecular complexity index is 1400. The van der Waals surface area contributed by atoms with Gasteiger partial charge in [-0.2, -0.15) is 5.10 Å². The van der Waals surface area contributed by atoms with E-state index in [1.165, 1.54) is 0 Å². The van der Waals surface area contributed by atoms with Crippen molar-refractivity contribution in [1.29, 1.82) is 0 Å². The molecule has 0 bridgehead atoms. The molecule has 8 heteroatoms. The molecule has 8 nitrogen and oxygen atoms in total. The summed E-state index contributed by atoms with van der Waals surface area (Å²) in [6.45, 7) is 8.50. The van der Waals surface area contributed by atoms with E-state index < -0.39 is 0 Å². The van der Waals surface area contributed by atoms with Crippen molar-refractivity contribution in [3.05, 3.63) is 95.3 Å². The Morgan fingerprint density at radius 1 is 0.784 bits per heavy atom. The first-order valence-electron chi connectivity index (χ1n) is 12.1. The standard InChI is InChI=1S/C29H30N4O4/c1-5-36-25-17-14-22(18-26(25)37-6-2)29(35)30-23-15-12-21(13-16-23)28(34)31-27-19(3)32-33(20(27)4)24-10-8-7-9-11-24/h7-18H,5-6H2,1-4H3,(H,30,35)(H,31,34). The van der Waals surface area contributed by atoms with Crippen LogP contribution in [0.3, 0.4) is 0 Å². The van der Waals surface area contributed by atoms with E-state index in [1.54, 1.807) is 47.1 Å². The van der Waals surface area contributed by atoms with Crippen molar-refractivity contribution >= 4 is 23.2 Å². The van der Waals surface area contributed by atoms with Gasteiger partial charge in [-0.15, -0.1) is 0 Å². The van der Waals surface area contributed by atoms with Gasteiger partial charge in [0.1, 0.15) is 0 Å². The third-order valence-corrected chi connectivity index (χ3v) is 5.74. The lowest BCUT2D eigenvalue weighted by Gasteiger charge is -2.12. The number of nitrogens with zero attached hydrogens (tertiary/aromatic N) is 2. The second kappa shape index (κ2) is 11.4. The number of rotatable bonds is 9. The van der Waals surface area contributed by atoms with E-state index >= 15 is 0 Å². The van der Waals surface area contributed by atoms with Gasteiger partial charge in [0.05, 0.1) is 36.0 Å². The van der Waals surface area contributed by atoms with Gasteiger partial charge in [0.15, 0.2) is 11.5 Å². The summed E-state index contributed by atoms with van der Waals surface area (Å²) in [5.41, 5.74) is 4.62. The van der Waals surface area contributed by atoms with Gasteiger partial charge in [0, 0.05) is 16.8 Å².